The van der Waals surface area contributed by atoms with Gasteiger partial charge in [0.25, 0.3) is 5.91 Å². The second kappa shape index (κ2) is 5.45. The third-order valence-electron chi connectivity index (χ3n) is 1.88. The van der Waals surface area contributed by atoms with Crippen LogP contribution in [0.25, 0.3) is 0 Å². The number of carbonyl (C=O) groups excluding carboxylic acids is 2. The minimum atomic E-state index is -0.478. The fourth-order valence-corrected chi connectivity index (χ4v) is 1.43. The van der Waals surface area contributed by atoms with E-state index in [1.807, 2.05) is 0 Å². The van der Waals surface area contributed by atoms with Crippen LogP contribution in [0.2, 0.25) is 0 Å². The first kappa shape index (κ1) is 12.3. The second-order valence-corrected chi connectivity index (χ2v) is 3.95. The first-order valence-corrected chi connectivity index (χ1v) is 5.63. The highest BCUT2D eigenvalue weighted by atomic mass is 79.9. The van der Waals surface area contributed by atoms with Crippen LogP contribution in [0.15, 0.2) is 27.5 Å². The number of amides is 2. The van der Waals surface area contributed by atoms with Crippen molar-refractivity contribution in [2.45, 2.75) is 0 Å². The summed E-state index contributed by atoms with van der Waals surface area (Å²) in [5.74, 6) is -0.566. The van der Waals surface area contributed by atoms with E-state index >= 15 is 0 Å². The number of hydrogen-bond acceptors (Lipinski definition) is 5. The lowest BCUT2D eigenvalue weighted by Crippen LogP contribution is -2.32. The van der Waals surface area contributed by atoms with Gasteiger partial charge in [-0.15, -0.1) is 0 Å². The third-order valence-corrected chi connectivity index (χ3v) is 2.31. The Labute approximate surface area is 109 Å². The molecule has 0 unspecified atom stereocenters. The zero-order chi connectivity index (χ0) is 13.0. The number of nitrogens with zero attached hydrogens (tertiary/aromatic N) is 2. The van der Waals surface area contributed by atoms with Crippen LogP contribution in [0.5, 0.6) is 0 Å². The minimum absolute atomic E-state index is 0.120. The van der Waals surface area contributed by atoms with E-state index in [4.69, 9.17) is 4.42 Å². The second-order valence-electron chi connectivity index (χ2n) is 3.17. The molecule has 2 rings (SSSR count). The molecular formula is C9H8BrN5O3. The Hall–Kier alpha value is -2.16. The van der Waals surface area contributed by atoms with Crippen LogP contribution in [0.4, 0.5) is 5.95 Å². The van der Waals surface area contributed by atoms with Crippen molar-refractivity contribution in [3.63, 3.8) is 0 Å². The van der Waals surface area contributed by atoms with Crippen LogP contribution in [-0.2, 0) is 4.79 Å². The maximum absolute atomic E-state index is 11.5. The van der Waals surface area contributed by atoms with Gasteiger partial charge in [0.2, 0.25) is 11.9 Å². The Kier molecular flexibility index (Phi) is 3.72. The van der Waals surface area contributed by atoms with E-state index in [0.29, 0.717) is 4.67 Å². The summed E-state index contributed by atoms with van der Waals surface area (Å²) >= 11 is 3.07. The summed E-state index contributed by atoms with van der Waals surface area (Å²) in [5, 5.41) is 10.8. The van der Waals surface area contributed by atoms with Gasteiger partial charge >= 0.3 is 0 Å². The van der Waals surface area contributed by atoms with Crippen molar-refractivity contribution in [3.05, 3.63) is 28.9 Å². The molecule has 0 saturated heterocycles. The average molecular weight is 314 g/mol. The van der Waals surface area contributed by atoms with Gasteiger partial charge in [-0.3, -0.25) is 14.9 Å². The lowest BCUT2D eigenvalue weighted by Gasteiger charge is -2.02. The molecule has 8 nitrogen and oxygen atoms in total. The normalized spacial score (nSPS) is 10.1. The minimum Gasteiger partial charge on any atom is -0.444 e. The third kappa shape index (κ3) is 3.17. The fourth-order valence-electron chi connectivity index (χ4n) is 1.13. The average Bonchev–Trinajstić information content (AvgIpc) is 2.97. The quantitative estimate of drug-likeness (QED) is 0.762. The predicted molar refractivity (Wildman–Crippen MR) is 63.8 cm³/mol. The number of rotatable bonds is 4. The van der Waals surface area contributed by atoms with Crippen LogP contribution < -0.4 is 10.6 Å². The first-order chi connectivity index (χ1) is 8.65. The molecule has 3 N–H and O–H groups in total. The van der Waals surface area contributed by atoms with Gasteiger partial charge in [0.05, 0.1) is 6.54 Å². The predicted octanol–water partition coefficient (Wildman–Crippen LogP) is 0.529. The SMILES string of the molecule is O=C(CNC(=O)c1ccc(Br)o1)Nc1ncn[nH]1. The van der Waals surface area contributed by atoms with Crippen molar-refractivity contribution in [1.82, 2.24) is 20.5 Å². The van der Waals surface area contributed by atoms with Crippen molar-refractivity contribution in [2.24, 2.45) is 0 Å². The number of aromatic nitrogens is 3. The smallest absolute Gasteiger partial charge is 0.287 e. The molecule has 18 heavy (non-hydrogen) atoms. The number of anilines is 1. The molecule has 0 aliphatic rings. The summed E-state index contributed by atoms with van der Waals surface area (Å²) < 4.78 is 5.47. The van der Waals surface area contributed by atoms with Gasteiger partial charge in [0, 0.05) is 0 Å². The zero-order valence-corrected chi connectivity index (χ0v) is 10.5. The number of H-pyrrole nitrogens is 1. The van der Waals surface area contributed by atoms with Gasteiger partial charge in [0.1, 0.15) is 6.33 Å². The molecule has 2 aromatic rings. The van der Waals surface area contributed by atoms with Crippen LogP contribution >= 0.6 is 15.9 Å². The number of furan rings is 1. The van der Waals surface area contributed by atoms with Gasteiger partial charge in [0.15, 0.2) is 10.4 Å². The van der Waals surface area contributed by atoms with E-state index in [1.54, 1.807) is 6.07 Å². The summed E-state index contributed by atoms with van der Waals surface area (Å²) in [6.45, 7) is -0.197. The molecule has 2 aromatic heterocycles. The number of carbonyl (C=O) groups is 2. The van der Waals surface area contributed by atoms with Crippen molar-refractivity contribution in [1.29, 1.82) is 0 Å². The van der Waals surface area contributed by atoms with Crippen molar-refractivity contribution >= 4 is 33.7 Å². The van der Waals surface area contributed by atoms with Crippen LogP contribution in [0, 0.1) is 0 Å². The lowest BCUT2D eigenvalue weighted by atomic mass is 10.4. The van der Waals surface area contributed by atoms with Crippen molar-refractivity contribution < 1.29 is 14.0 Å². The molecule has 0 atom stereocenters. The van der Waals surface area contributed by atoms with Gasteiger partial charge in [-0.2, -0.15) is 10.1 Å². The number of halogens is 1. The maximum Gasteiger partial charge on any atom is 0.287 e. The Morgan fingerprint density at radius 1 is 1.44 bits per heavy atom. The van der Waals surface area contributed by atoms with E-state index in [9.17, 15) is 9.59 Å². The molecule has 0 saturated carbocycles. The van der Waals surface area contributed by atoms with E-state index in [0.717, 1.165) is 0 Å². The number of hydrogen-bond donors (Lipinski definition) is 3. The molecule has 9 heteroatoms. The Morgan fingerprint density at radius 3 is 2.89 bits per heavy atom. The standard InChI is InChI=1S/C9H8BrN5O3/c10-6-2-1-5(18-6)8(17)11-3-7(16)14-9-12-4-13-15-9/h1-2,4H,3H2,(H,11,17)(H2,12,13,14,15,16). The summed E-state index contributed by atoms with van der Waals surface area (Å²) in [6.07, 6.45) is 1.26. The highest BCUT2D eigenvalue weighted by Gasteiger charge is 2.12. The fraction of sp³-hybridized carbons (Fsp3) is 0.111. The summed E-state index contributed by atoms with van der Waals surface area (Å²) in [5.41, 5.74) is 0. The Bertz CT molecular complexity index is 550. The van der Waals surface area contributed by atoms with E-state index in [2.05, 4.69) is 41.7 Å². The van der Waals surface area contributed by atoms with Gasteiger partial charge in [-0.1, -0.05) is 0 Å². The van der Waals surface area contributed by atoms with Crippen molar-refractivity contribution in [3.8, 4) is 0 Å². The van der Waals surface area contributed by atoms with E-state index in [-0.39, 0.29) is 18.3 Å². The molecule has 0 spiro atoms. The highest BCUT2D eigenvalue weighted by molar-refractivity contribution is 9.10. The molecule has 0 radical (unpaired) electrons. The topological polar surface area (TPSA) is 113 Å². The monoisotopic (exact) mass is 313 g/mol. The molecule has 2 heterocycles. The summed E-state index contributed by atoms with van der Waals surface area (Å²) in [6, 6.07) is 3.08. The van der Waals surface area contributed by atoms with Gasteiger partial charge in [-0.05, 0) is 28.1 Å². The van der Waals surface area contributed by atoms with E-state index < -0.39 is 11.8 Å². The summed E-state index contributed by atoms with van der Waals surface area (Å²) in [4.78, 5) is 26.6. The van der Waals surface area contributed by atoms with Crippen LogP contribution in [-0.4, -0.2) is 33.5 Å². The Morgan fingerprint density at radius 2 is 2.28 bits per heavy atom. The number of nitrogens with one attached hydrogen (secondary N) is 3. The summed E-state index contributed by atoms with van der Waals surface area (Å²) in [7, 11) is 0. The number of aromatic amines is 1. The van der Waals surface area contributed by atoms with Gasteiger partial charge < -0.3 is 9.73 Å². The molecule has 2 amide bonds. The molecule has 0 aromatic carbocycles. The highest BCUT2D eigenvalue weighted by Crippen LogP contribution is 2.13. The molecule has 0 bridgehead atoms. The maximum atomic E-state index is 11.5. The molecule has 0 fully saturated rings. The van der Waals surface area contributed by atoms with Crippen LogP contribution in [0.3, 0.4) is 0 Å². The van der Waals surface area contributed by atoms with Crippen LogP contribution in [0.1, 0.15) is 10.6 Å². The largest absolute Gasteiger partial charge is 0.444 e. The first-order valence-electron chi connectivity index (χ1n) is 4.84. The molecule has 0 aliphatic heterocycles. The van der Waals surface area contributed by atoms with Crippen molar-refractivity contribution in [2.75, 3.05) is 11.9 Å². The lowest BCUT2D eigenvalue weighted by molar-refractivity contribution is -0.115. The molecule has 0 aliphatic carbocycles. The Balaban J connectivity index is 1.81. The molecular weight excluding hydrogens is 306 g/mol. The van der Waals surface area contributed by atoms with Gasteiger partial charge in [-0.25, -0.2) is 5.10 Å². The molecule has 94 valence electrons. The zero-order valence-electron chi connectivity index (χ0n) is 8.94. The van der Waals surface area contributed by atoms with E-state index in [1.165, 1.54) is 12.4 Å².